The summed E-state index contributed by atoms with van der Waals surface area (Å²) in [6.45, 7) is 5.33. The molecule has 1 aromatic heterocycles. The van der Waals surface area contributed by atoms with Crippen LogP contribution in [0.2, 0.25) is 0 Å². The molecule has 5 heteroatoms. The topological polar surface area (TPSA) is 73.1 Å². The quantitative estimate of drug-likeness (QED) is 0.824. The van der Waals surface area contributed by atoms with Crippen LogP contribution in [0.1, 0.15) is 44.7 Å². The Balaban J connectivity index is 2.12. The third-order valence-electron chi connectivity index (χ3n) is 3.61. The fourth-order valence-electron chi connectivity index (χ4n) is 2.55. The molecule has 19 heavy (non-hydrogen) atoms. The van der Waals surface area contributed by atoms with Crippen LogP contribution in [-0.4, -0.2) is 28.7 Å². The van der Waals surface area contributed by atoms with E-state index >= 15 is 0 Å². The van der Waals surface area contributed by atoms with E-state index in [1.54, 1.807) is 0 Å². The van der Waals surface area contributed by atoms with Crippen molar-refractivity contribution < 1.29 is 4.74 Å². The van der Waals surface area contributed by atoms with Crippen LogP contribution in [0.3, 0.4) is 0 Å². The minimum absolute atomic E-state index is 0.0319. The third-order valence-corrected chi connectivity index (χ3v) is 3.61. The van der Waals surface area contributed by atoms with Crippen LogP contribution in [0.5, 0.6) is 5.88 Å². The van der Waals surface area contributed by atoms with Crippen molar-refractivity contribution in [3.8, 4) is 5.88 Å². The van der Waals surface area contributed by atoms with Gasteiger partial charge in [-0.1, -0.05) is 19.8 Å². The zero-order chi connectivity index (χ0) is 13.7. The van der Waals surface area contributed by atoms with Gasteiger partial charge in [-0.2, -0.15) is 4.98 Å². The number of nitrogens with zero attached hydrogens (tertiary/aromatic N) is 2. The summed E-state index contributed by atoms with van der Waals surface area (Å²) in [5, 5.41) is 3.43. The lowest BCUT2D eigenvalue weighted by atomic mass is 9.98. The standard InChI is InChI=1S/C14H24N4O/c1-3-8-19-12-9-11(2)16-13(17-12)18-14(10-15)6-4-5-7-14/h9H,3-8,10,15H2,1-2H3,(H,16,17,18). The van der Waals surface area contributed by atoms with Crippen LogP contribution in [0.25, 0.3) is 0 Å². The van der Waals surface area contributed by atoms with Gasteiger partial charge in [0.05, 0.1) is 12.1 Å². The van der Waals surface area contributed by atoms with Gasteiger partial charge in [0, 0.05) is 18.3 Å². The lowest BCUT2D eigenvalue weighted by molar-refractivity contribution is 0.304. The first-order chi connectivity index (χ1) is 9.17. The highest BCUT2D eigenvalue weighted by atomic mass is 16.5. The van der Waals surface area contributed by atoms with Crippen LogP contribution >= 0.6 is 0 Å². The molecule has 3 N–H and O–H groups in total. The molecule has 1 aliphatic rings. The maximum absolute atomic E-state index is 5.92. The fraction of sp³-hybridized carbons (Fsp3) is 0.714. The molecular formula is C14H24N4O. The summed E-state index contributed by atoms with van der Waals surface area (Å²) in [4.78, 5) is 8.87. The van der Waals surface area contributed by atoms with Crippen molar-refractivity contribution in [2.45, 2.75) is 51.5 Å². The number of aromatic nitrogens is 2. The van der Waals surface area contributed by atoms with Crippen molar-refractivity contribution in [3.05, 3.63) is 11.8 Å². The molecule has 2 rings (SSSR count). The molecule has 1 heterocycles. The maximum atomic E-state index is 5.92. The Morgan fingerprint density at radius 3 is 2.74 bits per heavy atom. The zero-order valence-corrected chi connectivity index (χ0v) is 11.9. The smallest absolute Gasteiger partial charge is 0.226 e. The molecule has 0 saturated heterocycles. The van der Waals surface area contributed by atoms with Gasteiger partial charge in [0.25, 0.3) is 0 Å². The summed E-state index contributed by atoms with van der Waals surface area (Å²) < 4.78 is 5.59. The Kier molecular flexibility index (Phi) is 4.58. The molecule has 1 saturated carbocycles. The molecule has 1 fully saturated rings. The van der Waals surface area contributed by atoms with Gasteiger partial charge in [-0.15, -0.1) is 0 Å². The van der Waals surface area contributed by atoms with E-state index in [0.29, 0.717) is 25.0 Å². The molecule has 106 valence electrons. The predicted octanol–water partition coefficient (Wildman–Crippen LogP) is 2.26. The summed E-state index contributed by atoms with van der Waals surface area (Å²) >= 11 is 0. The van der Waals surface area contributed by atoms with Gasteiger partial charge in [-0.05, 0) is 26.2 Å². The first-order valence-electron chi connectivity index (χ1n) is 7.14. The normalized spacial score (nSPS) is 17.4. The number of anilines is 1. The van der Waals surface area contributed by atoms with E-state index in [2.05, 4.69) is 22.2 Å². The zero-order valence-electron chi connectivity index (χ0n) is 11.9. The largest absolute Gasteiger partial charge is 0.478 e. The van der Waals surface area contributed by atoms with E-state index in [1.807, 2.05) is 13.0 Å². The van der Waals surface area contributed by atoms with Crippen molar-refractivity contribution in [3.63, 3.8) is 0 Å². The number of nitrogens with two attached hydrogens (primary N) is 1. The summed E-state index contributed by atoms with van der Waals surface area (Å²) in [6, 6.07) is 1.87. The molecule has 0 unspecified atom stereocenters. The molecule has 0 atom stereocenters. The highest BCUT2D eigenvalue weighted by Gasteiger charge is 2.33. The molecule has 0 radical (unpaired) electrons. The van der Waals surface area contributed by atoms with Crippen molar-refractivity contribution in [1.82, 2.24) is 9.97 Å². The Labute approximate surface area is 115 Å². The predicted molar refractivity (Wildman–Crippen MR) is 76.4 cm³/mol. The molecule has 0 amide bonds. The SMILES string of the molecule is CCCOc1cc(C)nc(NC2(CN)CCCC2)n1. The summed E-state index contributed by atoms with van der Waals surface area (Å²) in [6.07, 6.45) is 5.58. The van der Waals surface area contributed by atoms with Crippen molar-refractivity contribution in [2.24, 2.45) is 5.73 Å². The van der Waals surface area contributed by atoms with E-state index in [0.717, 1.165) is 25.0 Å². The molecule has 0 aliphatic heterocycles. The van der Waals surface area contributed by atoms with Gasteiger partial charge in [0.1, 0.15) is 0 Å². The van der Waals surface area contributed by atoms with Gasteiger partial charge < -0.3 is 15.8 Å². The van der Waals surface area contributed by atoms with Gasteiger partial charge >= 0.3 is 0 Å². The Morgan fingerprint density at radius 2 is 2.11 bits per heavy atom. The molecular weight excluding hydrogens is 240 g/mol. The summed E-state index contributed by atoms with van der Waals surface area (Å²) in [5.74, 6) is 1.28. The lowest BCUT2D eigenvalue weighted by Crippen LogP contribution is -2.43. The van der Waals surface area contributed by atoms with Crippen LogP contribution in [0, 0.1) is 6.92 Å². The summed E-state index contributed by atoms with van der Waals surface area (Å²) in [5.41, 5.74) is 6.80. The average molecular weight is 264 g/mol. The second-order valence-corrected chi connectivity index (χ2v) is 5.34. The Hall–Kier alpha value is -1.36. The molecule has 0 aromatic carbocycles. The molecule has 1 aliphatic carbocycles. The minimum atomic E-state index is -0.0319. The highest BCUT2D eigenvalue weighted by molar-refractivity contribution is 5.34. The number of hydrogen-bond acceptors (Lipinski definition) is 5. The average Bonchev–Trinajstić information content (AvgIpc) is 2.85. The van der Waals surface area contributed by atoms with Crippen LogP contribution in [0.4, 0.5) is 5.95 Å². The van der Waals surface area contributed by atoms with Gasteiger partial charge in [0.15, 0.2) is 0 Å². The van der Waals surface area contributed by atoms with Gasteiger partial charge in [-0.3, -0.25) is 0 Å². The van der Waals surface area contributed by atoms with E-state index in [-0.39, 0.29) is 5.54 Å². The second kappa shape index (κ2) is 6.19. The number of rotatable bonds is 6. The van der Waals surface area contributed by atoms with Gasteiger partial charge in [-0.25, -0.2) is 4.98 Å². The van der Waals surface area contributed by atoms with Crippen LogP contribution in [-0.2, 0) is 0 Å². The van der Waals surface area contributed by atoms with Crippen molar-refractivity contribution in [1.29, 1.82) is 0 Å². The van der Waals surface area contributed by atoms with Crippen LogP contribution < -0.4 is 15.8 Å². The monoisotopic (exact) mass is 264 g/mol. The summed E-state index contributed by atoms with van der Waals surface area (Å²) in [7, 11) is 0. The number of hydrogen-bond donors (Lipinski definition) is 2. The molecule has 0 bridgehead atoms. The van der Waals surface area contributed by atoms with Gasteiger partial charge in [0.2, 0.25) is 11.8 Å². The first-order valence-corrected chi connectivity index (χ1v) is 7.14. The molecule has 1 aromatic rings. The Morgan fingerprint density at radius 1 is 1.37 bits per heavy atom. The van der Waals surface area contributed by atoms with Crippen LogP contribution in [0.15, 0.2) is 6.07 Å². The second-order valence-electron chi connectivity index (χ2n) is 5.34. The highest BCUT2D eigenvalue weighted by Crippen LogP contribution is 2.31. The van der Waals surface area contributed by atoms with E-state index in [1.165, 1.54) is 12.8 Å². The van der Waals surface area contributed by atoms with E-state index < -0.39 is 0 Å². The Bertz CT molecular complexity index is 416. The minimum Gasteiger partial charge on any atom is -0.478 e. The van der Waals surface area contributed by atoms with E-state index in [9.17, 15) is 0 Å². The third kappa shape index (κ3) is 3.56. The number of nitrogens with one attached hydrogen (secondary N) is 1. The number of ether oxygens (including phenoxy) is 1. The maximum Gasteiger partial charge on any atom is 0.226 e. The lowest BCUT2D eigenvalue weighted by Gasteiger charge is -2.28. The first kappa shape index (κ1) is 14.1. The van der Waals surface area contributed by atoms with E-state index in [4.69, 9.17) is 10.5 Å². The number of aryl methyl sites for hydroxylation is 1. The molecule has 5 nitrogen and oxygen atoms in total. The molecule has 0 spiro atoms. The van der Waals surface area contributed by atoms with Crippen molar-refractivity contribution >= 4 is 5.95 Å². The van der Waals surface area contributed by atoms with Crippen molar-refractivity contribution in [2.75, 3.05) is 18.5 Å². The fourth-order valence-corrected chi connectivity index (χ4v) is 2.55.